The molecule has 0 saturated heterocycles. The molecular weight excluding hydrogens is 466 g/mol. The molecule has 176 valence electrons. The summed E-state index contributed by atoms with van der Waals surface area (Å²) in [6.45, 7) is 3.96. The van der Waals surface area contributed by atoms with Crippen LogP contribution in [0.4, 0.5) is 17.1 Å². The molecule has 0 fully saturated rings. The topological polar surface area (TPSA) is 116 Å². The quantitative estimate of drug-likeness (QED) is 0.308. The SMILES string of the molecule is CCC(CC)(Nc1c(Nc2ccc(Cl)c(S(=O)(=O)N(C)C)c2O)c(=O)c1=O)c1ccccc1. The molecule has 3 aromatic carbocycles. The third-order valence-electron chi connectivity index (χ3n) is 5.89. The van der Waals surface area contributed by atoms with Gasteiger partial charge in [0.1, 0.15) is 16.3 Å². The van der Waals surface area contributed by atoms with Gasteiger partial charge in [0, 0.05) is 14.1 Å². The average Bonchev–Trinajstić information content (AvgIpc) is 2.80. The zero-order valence-electron chi connectivity index (χ0n) is 18.8. The highest BCUT2D eigenvalue weighted by atomic mass is 35.5. The number of halogens is 1. The second-order valence-electron chi connectivity index (χ2n) is 7.87. The van der Waals surface area contributed by atoms with Crippen LogP contribution < -0.4 is 21.5 Å². The maximum atomic E-state index is 12.6. The van der Waals surface area contributed by atoms with Crippen molar-refractivity contribution < 1.29 is 13.5 Å². The van der Waals surface area contributed by atoms with Crippen LogP contribution in [0.25, 0.3) is 0 Å². The number of anilines is 3. The van der Waals surface area contributed by atoms with E-state index in [9.17, 15) is 23.1 Å². The standard InChI is InChI=1S/C23H26ClN3O5S/c1-5-23(6-2,14-10-8-7-9-11-14)26-18-17(20(29)21(18)30)25-16-13-12-15(24)22(19(16)28)33(31,32)27(3)4/h7-13,25-26,28H,5-6H2,1-4H3. The fourth-order valence-corrected chi connectivity index (χ4v) is 5.22. The van der Waals surface area contributed by atoms with Gasteiger partial charge >= 0.3 is 0 Å². The zero-order chi connectivity index (χ0) is 24.6. The van der Waals surface area contributed by atoms with E-state index in [1.54, 1.807) is 0 Å². The molecule has 0 spiro atoms. The minimum atomic E-state index is -4.07. The number of hydrogen-bond acceptors (Lipinski definition) is 7. The van der Waals surface area contributed by atoms with Crippen molar-refractivity contribution in [1.29, 1.82) is 0 Å². The number of phenols is 1. The van der Waals surface area contributed by atoms with Gasteiger partial charge in [-0.3, -0.25) is 9.59 Å². The van der Waals surface area contributed by atoms with Gasteiger partial charge < -0.3 is 15.7 Å². The van der Waals surface area contributed by atoms with E-state index in [0.29, 0.717) is 12.8 Å². The summed E-state index contributed by atoms with van der Waals surface area (Å²) in [5.74, 6) is -0.643. The largest absolute Gasteiger partial charge is 0.504 e. The Kier molecular flexibility index (Phi) is 6.88. The molecule has 0 aliphatic rings. The number of benzene rings is 2. The highest BCUT2D eigenvalue weighted by Crippen LogP contribution is 2.40. The van der Waals surface area contributed by atoms with Gasteiger partial charge in [0.25, 0.3) is 10.9 Å². The fraction of sp³-hybridized carbons (Fsp3) is 0.304. The van der Waals surface area contributed by atoms with E-state index in [1.165, 1.54) is 26.2 Å². The van der Waals surface area contributed by atoms with Gasteiger partial charge in [-0.15, -0.1) is 0 Å². The monoisotopic (exact) mass is 491 g/mol. The molecule has 10 heteroatoms. The number of phenolic OH excluding ortho intramolecular Hbond substituents is 1. The third-order valence-corrected chi connectivity index (χ3v) is 8.21. The molecular formula is C23H26ClN3O5S. The molecule has 0 unspecified atom stereocenters. The molecule has 0 saturated carbocycles. The number of nitrogens with one attached hydrogen (secondary N) is 2. The van der Waals surface area contributed by atoms with Crippen LogP contribution in [-0.4, -0.2) is 31.9 Å². The molecule has 3 N–H and O–H groups in total. The number of nitrogens with zero attached hydrogens (tertiary/aromatic N) is 1. The zero-order valence-corrected chi connectivity index (χ0v) is 20.3. The van der Waals surface area contributed by atoms with Crippen molar-refractivity contribution in [2.45, 2.75) is 37.1 Å². The van der Waals surface area contributed by atoms with Crippen LogP contribution >= 0.6 is 11.6 Å². The summed E-state index contributed by atoms with van der Waals surface area (Å²) in [5.41, 5.74) is -1.11. The van der Waals surface area contributed by atoms with Crippen LogP contribution in [0.1, 0.15) is 32.3 Å². The number of aromatic hydroxyl groups is 1. The lowest BCUT2D eigenvalue weighted by Gasteiger charge is -2.35. The molecule has 0 heterocycles. The summed E-state index contributed by atoms with van der Waals surface area (Å²) in [7, 11) is -1.45. The van der Waals surface area contributed by atoms with Gasteiger partial charge in [-0.2, -0.15) is 0 Å². The minimum Gasteiger partial charge on any atom is -0.504 e. The molecule has 8 nitrogen and oxygen atoms in total. The van der Waals surface area contributed by atoms with E-state index < -0.39 is 37.1 Å². The first-order valence-corrected chi connectivity index (χ1v) is 12.2. The van der Waals surface area contributed by atoms with Crippen molar-refractivity contribution in [3.8, 4) is 5.75 Å². The van der Waals surface area contributed by atoms with E-state index in [2.05, 4.69) is 10.6 Å². The van der Waals surface area contributed by atoms with Gasteiger partial charge in [0.15, 0.2) is 5.75 Å². The molecule has 3 rings (SSSR count). The Morgan fingerprint density at radius 2 is 1.55 bits per heavy atom. The van der Waals surface area contributed by atoms with Crippen molar-refractivity contribution in [3.05, 3.63) is 73.5 Å². The third kappa shape index (κ3) is 4.23. The number of rotatable bonds is 9. The first-order valence-electron chi connectivity index (χ1n) is 10.4. The predicted molar refractivity (Wildman–Crippen MR) is 131 cm³/mol. The Hall–Kier alpha value is -2.88. The van der Waals surface area contributed by atoms with Crippen molar-refractivity contribution in [2.75, 3.05) is 24.7 Å². The van der Waals surface area contributed by atoms with Crippen LogP contribution in [0.5, 0.6) is 5.75 Å². The van der Waals surface area contributed by atoms with Gasteiger partial charge in [-0.05, 0) is 30.5 Å². The van der Waals surface area contributed by atoms with Gasteiger partial charge in [-0.25, -0.2) is 12.7 Å². The molecule has 0 bridgehead atoms. The first-order chi connectivity index (χ1) is 15.5. The summed E-state index contributed by atoms with van der Waals surface area (Å²) >= 11 is 6.05. The molecule has 0 aliphatic heterocycles. The Balaban J connectivity index is 2.05. The van der Waals surface area contributed by atoms with E-state index in [0.717, 1.165) is 9.87 Å². The molecule has 33 heavy (non-hydrogen) atoms. The summed E-state index contributed by atoms with van der Waals surface area (Å²) < 4.78 is 26.1. The second-order valence-corrected chi connectivity index (χ2v) is 10.4. The van der Waals surface area contributed by atoms with E-state index in [1.807, 2.05) is 44.2 Å². The maximum Gasteiger partial charge on any atom is 0.253 e. The smallest absolute Gasteiger partial charge is 0.253 e. The Labute approximate surface area is 197 Å². The first kappa shape index (κ1) is 24.8. The van der Waals surface area contributed by atoms with Gasteiger partial charge in [-0.1, -0.05) is 55.8 Å². The summed E-state index contributed by atoms with van der Waals surface area (Å²) in [4.78, 5) is 24.4. The molecule has 0 atom stereocenters. The van der Waals surface area contributed by atoms with E-state index in [4.69, 9.17) is 11.6 Å². The second kappa shape index (κ2) is 9.17. The van der Waals surface area contributed by atoms with Crippen molar-refractivity contribution in [2.24, 2.45) is 0 Å². The van der Waals surface area contributed by atoms with E-state index in [-0.39, 0.29) is 22.1 Å². The molecule has 0 aliphatic carbocycles. The average molecular weight is 492 g/mol. The molecule has 0 aromatic heterocycles. The van der Waals surface area contributed by atoms with Crippen LogP contribution in [0, 0.1) is 0 Å². The highest BCUT2D eigenvalue weighted by Gasteiger charge is 2.34. The lowest BCUT2D eigenvalue weighted by Crippen LogP contribution is -2.43. The van der Waals surface area contributed by atoms with Crippen molar-refractivity contribution in [3.63, 3.8) is 0 Å². The fourth-order valence-electron chi connectivity index (χ4n) is 3.74. The van der Waals surface area contributed by atoms with E-state index >= 15 is 0 Å². The Morgan fingerprint density at radius 1 is 0.970 bits per heavy atom. The minimum absolute atomic E-state index is 0.0481. The van der Waals surface area contributed by atoms with Crippen LogP contribution in [0.2, 0.25) is 5.02 Å². The number of hydrogen-bond donors (Lipinski definition) is 3. The van der Waals surface area contributed by atoms with Crippen molar-refractivity contribution >= 4 is 38.7 Å². The van der Waals surface area contributed by atoms with Gasteiger partial charge in [0.2, 0.25) is 10.0 Å². The van der Waals surface area contributed by atoms with Crippen molar-refractivity contribution in [1.82, 2.24) is 4.31 Å². The number of sulfonamides is 1. The summed E-state index contributed by atoms with van der Waals surface area (Å²) in [5, 5.41) is 16.5. The lowest BCUT2D eigenvalue weighted by molar-refractivity contribution is 0.453. The predicted octanol–water partition coefficient (Wildman–Crippen LogP) is 3.76. The van der Waals surface area contributed by atoms with Crippen LogP contribution in [-0.2, 0) is 15.6 Å². The van der Waals surface area contributed by atoms with Crippen LogP contribution in [0.3, 0.4) is 0 Å². The summed E-state index contributed by atoms with van der Waals surface area (Å²) in [6.07, 6.45) is 1.28. The highest BCUT2D eigenvalue weighted by molar-refractivity contribution is 7.89. The normalized spacial score (nSPS) is 12.3. The van der Waals surface area contributed by atoms with Crippen LogP contribution in [0.15, 0.2) is 56.9 Å². The van der Waals surface area contributed by atoms with Gasteiger partial charge in [0.05, 0.1) is 16.2 Å². The lowest BCUT2D eigenvalue weighted by atomic mass is 9.84. The molecule has 3 aromatic rings. The maximum absolute atomic E-state index is 12.6. The summed E-state index contributed by atoms with van der Waals surface area (Å²) in [6, 6.07) is 12.2. The molecule has 0 radical (unpaired) electrons. The molecule has 0 amide bonds. The Bertz CT molecular complexity index is 1340. The Morgan fingerprint density at radius 3 is 2.09 bits per heavy atom.